The van der Waals surface area contributed by atoms with Gasteiger partial charge in [-0.2, -0.15) is 12.6 Å². The van der Waals surface area contributed by atoms with Gasteiger partial charge in [0.1, 0.15) is 16.7 Å². The minimum absolute atomic E-state index is 0.0545. The molecule has 0 bridgehead atoms. The van der Waals surface area contributed by atoms with Crippen LogP contribution in [-0.4, -0.2) is 38.4 Å². The number of nitrogens with zero attached hydrogens (tertiary/aromatic N) is 1. The highest BCUT2D eigenvalue weighted by atomic mass is 32.2. The van der Waals surface area contributed by atoms with Gasteiger partial charge in [0.25, 0.3) is 0 Å². The monoisotopic (exact) mass is 539 g/mol. The van der Waals surface area contributed by atoms with Gasteiger partial charge in [-0.1, -0.05) is 48.5 Å². The summed E-state index contributed by atoms with van der Waals surface area (Å²) >= 11 is 4.99. The fourth-order valence-corrected chi connectivity index (χ4v) is 7.37. The maximum absolute atomic E-state index is 13.2. The molecule has 0 aliphatic carbocycles. The van der Waals surface area contributed by atoms with Crippen LogP contribution in [0.1, 0.15) is 56.1 Å². The third-order valence-corrected chi connectivity index (χ3v) is 9.75. The summed E-state index contributed by atoms with van der Waals surface area (Å²) in [6.45, 7) is 7.18. The van der Waals surface area contributed by atoms with E-state index < -0.39 is 25.6 Å². The number of benzene rings is 3. The molecule has 0 N–H and O–H groups in total. The molecule has 3 aromatic carbocycles. The summed E-state index contributed by atoms with van der Waals surface area (Å²) in [5.74, 6) is 1.13. The summed E-state index contributed by atoms with van der Waals surface area (Å²) in [6.07, 6.45) is -0.0545. The minimum atomic E-state index is -3.79. The molecular weight excluding hydrogens is 506 g/mol. The van der Waals surface area contributed by atoms with Gasteiger partial charge in [0.2, 0.25) is 15.9 Å². The van der Waals surface area contributed by atoms with Crippen LogP contribution in [0.3, 0.4) is 0 Å². The second-order valence-corrected chi connectivity index (χ2v) is 13.3. The van der Waals surface area contributed by atoms with Crippen LogP contribution in [0, 0.1) is 0 Å². The number of thiol groups is 1. The van der Waals surface area contributed by atoms with E-state index >= 15 is 0 Å². The zero-order valence-corrected chi connectivity index (χ0v) is 23.7. The SMILES string of the molecule is COc1ccc(-c2ccc(C(C)(S)c3ccc(C4CC(=O)N(C(C)(C)C)S4(=O)=O)cc3)cc2OC)cc1. The standard InChI is InChI=1S/C29H33NO5S2/c1-28(2,3)30-27(31)18-26(37(30,32)33)20-7-11-21(12-8-20)29(4,36)22-13-16-24(25(17-22)35-6)19-9-14-23(34-5)15-10-19/h7-17,26,36H,18H2,1-6H3. The number of methoxy groups -OCH3 is 2. The van der Waals surface area contributed by atoms with Crippen LogP contribution in [0.25, 0.3) is 11.1 Å². The number of amides is 1. The minimum Gasteiger partial charge on any atom is -0.497 e. The molecule has 6 nitrogen and oxygen atoms in total. The van der Waals surface area contributed by atoms with Crippen molar-refractivity contribution in [1.29, 1.82) is 0 Å². The van der Waals surface area contributed by atoms with Gasteiger partial charge in [-0.3, -0.25) is 4.79 Å². The Morgan fingerprint density at radius 1 is 0.865 bits per heavy atom. The molecule has 37 heavy (non-hydrogen) atoms. The van der Waals surface area contributed by atoms with Gasteiger partial charge >= 0.3 is 0 Å². The van der Waals surface area contributed by atoms with Crippen molar-refractivity contribution >= 4 is 28.6 Å². The summed E-state index contributed by atoms with van der Waals surface area (Å²) in [7, 11) is -0.517. The Morgan fingerprint density at radius 3 is 1.97 bits per heavy atom. The van der Waals surface area contributed by atoms with E-state index in [4.69, 9.17) is 22.1 Å². The summed E-state index contributed by atoms with van der Waals surface area (Å²) < 4.78 is 37.7. The van der Waals surface area contributed by atoms with Crippen LogP contribution in [0.5, 0.6) is 11.5 Å². The van der Waals surface area contributed by atoms with Crippen LogP contribution in [0.2, 0.25) is 0 Å². The first-order chi connectivity index (χ1) is 17.3. The Hall–Kier alpha value is -2.97. The molecule has 1 saturated heterocycles. The maximum atomic E-state index is 13.2. The van der Waals surface area contributed by atoms with E-state index in [1.165, 1.54) is 0 Å². The highest BCUT2D eigenvalue weighted by molar-refractivity contribution is 7.90. The van der Waals surface area contributed by atoms with E-state index in [0.717, 1.165) is 38.1 Å². The van der Waals surface area contributed by atoms with Crippen LogP contribution >= 0.6 is 12.6 Å². The summed E-state index contributed by atoms with van der Waals surface area (Å²) in [4.78, 5) is 12.6. The first-order valence-electron chi connectivity index (χ1n) is 12.0. The third kappa shape index (κ3) is 4.97. The van der Waals surface area contributed by atoms with Gasteiger partial charge in [-0.05, 0) is 68.1 Å². The summed E-state index contributed by atoms with van der Waals surface area (Å²) in [5, 5.41) is -0.886. The van der Waals surface area contributed by atoms with Crippen molar-refractivity contribution in [2.75, 3.05) is 14.2 Å². The van der Waals surface area contributed by atoms with Gasteiger partial charge in [-0.15, -0.1) is 0 Å². The molecule has 2 unspecified atom stereocenters. The highest BCUT2D eigenvalue weighted by Gasteiger charge is 2.49. The predicted octanol–water partition coefficient (Wildman–Crippen LogP) is 5.97. The molecule has 8 heteroatoms. The Morgan fingerprint density at radius 2 is 1.46 bits per heavy atom. The van der Waals surface area contributed by atoms with Crippen molar-refractivity contribution in [1.82, 2.24) is 4.31 Å². The zero-order chi connectivity index (χ0) is 27.2. The van der Waals surface area contributed by atoms with Crippen molar-refractivity contribution in [3.8, 4) is 22.6 Å². The Kier molecular flexibility index (Phi) is 7.12. The molecule has 0 radical (unpaired) electrons. The lowest BCUT2D eigenvalue weighted by Crippen LogP contribution is -2.45. The second kappa shape index (κ2) is 9.72. The molecule has 0 aromatic heterocycles. The number of sulfonamides is 1. The number of carbonyl (C=O) groups is 1. The predicted molar refractivity (Wildman–Crippen MR) is 150 cm³/mol. The molecular formula is C29H33NO5S2. The number of rotatable bonds is 6. The molecule has 1 amide bonds. The van der Waals surface area contributed by atoms with Crippen LogP contribution < -0.4 is 9.47 Å². The van der Waals surface area contributed by atoms with Gasteiger partial charge < -0.3 is 9.47 Å². The van der Waals surface area contributed by atoms with Crippen LogP contribution in [0.15, 0.2) is 66.7 Å². The van der Waals surface area contributed by atoms with Gasteiger partial charge in [0.15, 0.2) is 0 Å². The van der Waals surface area contributed by atoms with Crippen LogP contribution in [0.4, 0.5) is 0 Å². The van der Waals surface area contributed by atoms with E-state index in [-0.39, 0.29) is 12.3 Å². The van der Waals surface area contributed by atoms with Crippen molar-refractivity contribution in [3.63, 3.8) is 0 Å². The Bertz CT molecular complexity index is 1410. The third-order valence-electron chi connectivity index (χ3n) is 6.82. The number of hydrogen-bond acceptors (Lipinski definition) is 6. The molecule has 1 fully saturated rings. The van der Waals surface area contributed by atoms with Crippen molar-refractivity contribution in [2.45, 2.75) is 49.7 Å². The fourth-order valence-electron chi connectivity index (χ4n) is 4.85. The number of carbonyl (C=O) groups excluding carboxylic acids is 1. The highest BCUT2D eigenvalue weighted by Crippen LogP contribution is 2.43. The maximum Gasteiger partial charge on any atom is 0.245 e. The smallest absolute Gasteiger partial charge is 0.245 e. The van der Waals surface area contributed by atoms with E-state index in [1.54, 1.807) is 47.1 Å². The molecule has 0 saturated carbocycles. The van der Waals surface area contributed by atoms with E-state index in [1.807, 2.05) is 61.5 Å². The van der Waals surface area contributed by atoms with E-state index in [0.29, 0.717) is 5.56 Å². The quantitative estimate of drug-likeness (QED) is 0.391. The first-order valence-corrected chi connectivity index (χ1v) is 14.0. The molecule has 2 atom stereocenters. The lowest BCUT2D eigenvalue weighted by molar-refractivity contribution is -0.128. The molecule has 1 aliphatic heterocycles. The average Bonchev–Trinajstić information content (AvgIpc) is 3.11. The zero-order valence-electron chi connectivity index (χ0n) is 22.0. The van der Waals surface area contributed by atoms with Crippen molar-refractivity contribution in [2.24, 2.45) is 0 Å². The summed E-state index contributed by atoms with van der Waals surface area (Å²) in [5.41, 5.74) is 3.58. The van der Waals surface area contributed by atoms with Gasteiger partial charge in [-0.25, -0.2) is 12.7 Å². The van der Waals surface area contributed by atoms with E-state index in [9.17, 15) is 13.2 Å². The lowest BCUT2D eigenvalue weighted by atomic mass is 9.89. The largest absolute Gasteiger partial charge is 0.497 e. The fraction of sp³-hybridized carbons (Fsp3) is 0.345. The van der Waals surface area contributed by atoms with Crippen molar-refractivity contribution in [3.05, 3.63) is 83.4 Å². The molecule has 0 spiro atoms. The molecule has 196 valence electrons. The van der Waals surface area contributed by atoms with Gasteiger partial charge in [0.05, 0.1) is 30.9 Å². The van der Waals surface area contributed by atoms with Crippen LogP contribution in [-0.2, 0) is 19.6 Å². The normalized spacial score (nSPS) is 18.9. The lowest BCUT2D eigenvalue weighted by Gasteiger charge is -2.31. The Labute approximate surface area is 225 Å². The first kappa shape index (κ1) is 27.1. The molecule has 3 aromatic rings. The van der Waals surface area contributed by atoms with E-state index in [2.05, 4.69) is 0 Å². The van der Waals surface area contributed by atoms with Crippen molar-refractivity contribution < 1.29 is 22.7 Å². The van der Waals surface area contributed by atoms with Gasteiger partial charge in [0, 0.05) is 5.56 Å². The Balaban J connectivity index is 1.64. The number of ether oxygens (including phenoxy) is 2. The topological polar surface area (TPSA) is 72.9 Å². The summed E-state index contributed by atoms with van der Waals surface area (Å²) in [6, 6.07) is 21.1. The second-order valence-electron chi connectivity index (χ2n) is 10.4. The molecule has 1 heterocycles. The average molecular weight is 540 g/mol. The number of hydrogen-bond donors (Lipinski definition) is 1. The molecule has 4 rings (SSSR count). The molecule has 1 aliphatic rings.